The van der Waals surface area contributed by atoms with Crippen molar-refractivity contribution in [2.45, 2.75) is 12.8 Å². The molecule has 1 unspecified atom stereocenters. The van der Waals surface area contributed by atoms with E-state index in [1.54, 1.807) is 12.1 Å². The molecule has 2 nitrogen and oxygen atoms in total. The fourth-order valence-electron chi connectivity index (χ4n) is 1.99. The molecule has 2 rings (SSSR count). The second-order valence-electron chi connectivity index (χ2n) is 4.22. The van der Waals surface area contributed by atoms with Crippen LogP contribution in [0.4, 0.5) is 10.1 Å². The highest BCUT2D eigenvalue weighted by Gasteiger charge is 2.13. The Bertz CT molecular complexity index is 351. The Morgan fingerprint density at radius 2 is 2.38 bits per heavy atom. The van der Waals surface area contributed by atoms with Gasteiger partial charge in [0.25, 0.3) is 0 Å². The Hall–Kier alpha value is -0.800. The molecule has 0 saturated carbocycles. The Morgan fingerprint density at radius 1 is 1.50 bits per heavy atom. The Morgan fingerprint density at radius 3 is 3.12 bits per heavy atom. The lowest BCUT2D eigenvalue weighted by Gasteiger charge is -2.23. The normalized spacial score (nSPS) is 20.8. The van der Waals surface area contributed by atoms with Crippen molar-refractivity contribution in [2.24, 2.45) is 5.92 Å². The van der Waals surface area contributed by atoms with Crippen LogP contribution in [0.15, 0.2) is 18.2 Å². The maximum Gasteiger partial charge on any atom is 0.146 e. The van der Waals surface area contributed by atoms with Crippen molar-refractivity contribution in [3.8, 4) is 0 Å². The first kappa shape index (κ1) is 11.7. The van der Waals surface area contributed by atoms with Crippen LogP contribution < -0.4 is 10.6 Å². The summed E-state index contributed by atoms with van der Waals surface area (Å²) in [7, 11) is 0. The molecular formula is C12H16ClFN2. The lowest BCUT2D eigenvalue weighted by Crippen LogP contribution is -2.33. The summed E-state index contributed by atoms with van der Waals surface area (Å²) in [6.45, 7) is 2.90. The molecule has 0 radical (unpaired) electrons. The maximum atomic E-state index is 13.4. The van der Waals surface area contributed by atoms with Crippen LogP contribution in [0.3, 0.4) is 0 Å². The van der Waals surface area contributed by atoms with Crippen LogP contribution >= 0.6 is 11.6 Å². The SMILES string of the molecule is Fc1ccc(Cl)cc1NCC1CCCNC1. The van der Waals surface area contributed by atoms with Gasteiger partial charge < -0.3 is 10.6 Å². The molecule has 1 heterocycles. The summed E-state index contributed by atoms with van der Waals surface area (Å²) >= 11 is 5.82. The van der Waals surface area contributed by atoms with E-state index in [2.05, 4.69) is 10.6 Å². The van der Waals surface area contributed by atoms with E-state index in [-0.39, 0.29) is 5.82 Å². The zero-order valence-electron chi connectivity index (χ0n) is 9.10. The van der Waals surface area contributed by atoms with Gasteiger partial charge >= 0.3 is 0 Å². The van der Waals surface area contributed by atoms with E-state index < -0.39 is 0 Å². The average molecular weight is 243 g/mol. The number of rotatable bonds is 3. The molecule has 0 aromatic heterocycles. The molecule has 0 aliphatic carbocycles. The second-order valence-corrected chi connectivity index (χ2v) is 4.65. The van der Waals surface area contributed by atoms with E-state index >= 15 is 0 Å². The number of piperidine rings is 1. The van der Waals surface area contributed by atoms with Gasteiger partial charge in [0, 0.05) is 11.6 Å². The minimum Gasteiger partial charge on any atom is -0.382 e. The molecule has 0 amide bonds. The zero-order valence-corrected chi connectivity index (χ0v) is 9.86. The first-order chi connectivity index (χ1) is 7.75. The Labute approximate surface area is 100 Å². The fraction of sp³-hybridized carbons (Fsp3) is 0.500. The summed E-state index contributed by atoms with van der Waals surface area (Å²) in [5, 5.41) is 7.02. The van der Waals surface area contributed by atoms with Gasteiger partial charge in [0.15, 0.2) is 0 Å². The van der Waals surface area contributed by atoms with Gasteiger partial charge in [-0.2, -0.15) is 0 Å². The topological polar surface area (TPSA) is 24.1 Å². The lowest BCUT2D eigenvalue weighted by molar-refractivity contribution is 0.392. The van der Waals surface area contributed by atoms with E-state index in [4.69, 9.17) is 11.6 Å². The van der Waals surface area contributed by atoms with Crippen molar-refractivity contribution < 1.29 is 4.39 Å². The monoisotopic (exact) mass is 242 g/mol. The van der Waals surface area contributed by atoms with Crippen LogP contribution in [0.5, 0.6) is 0 Å². The van der Waals surface area contributed by atoms with E-state index in [1.165, 1.54) is 18.9 Å². The second kappa shape index (κ2) is 5.51. The van der Waals surface area contributed by atoms with E-state index in [1.807, 2.05) is 0 Å². The van der Waals surface area contributed by atoms with Crippen LogP contribution in [0, 0.1) is 11.7 Å². The number of halogens is 2. The summed E-state index contributed by atoms with van der Waals surface area (Å²) in [6.07, 6.45) is 2.40. The van der Waals surface area contributed by atoms with Crippen molar-refractivity contribution in [1.29, 1.82) is 0 Å². The van der Waals surface area contributed by atoms with Crippen LogP contribution in [-0.2, 0) is 0 Å². The summed E-state index contributed by atoms with van der Waals surface area (Å²) < 4.78 is 13.4. The van der Waals surface area contributed by atoms with Gasteiger partial charge in [-0.1, -0.05) is 11.6 Å². The molecule has 16 heavy (non-hydrogen) atoms. The van der Waals surface area contributed by atoms with Crippen molar-refractivity contribution in [1.82, 2.24) is 5.32 Å². The first-order valence-electron chi connectivity index (χ1n) is 5.65. The molecule has 88 valence electrons. The molecular weight excluding hydrogens is 227 g/mol. The average Bonchev–Trinajstić information content (AvgIpc) is 2.32. The quantitative estimate of drug-likeness (QED) is 0.852. The molecule has 4 heteroatoms. The molecule has 1 aliphatic heterocycles. The molecule has 1 atom stereocenters. The molecule has 1 aliphatic rings. The molecule has 1 fully saturated rings. The minimum absolute atomic E-state index is 0.242. The standard InChI is InChI=1S/C12H16ClFN2/c13-10-3-4-11(14)12(6-10)16-8-9-2-1-5-15-7-9/h3-4,6,9,15-16H,1-2,5,7-8H2. The van der Waals surface area contributed by atoms with Gasteiger partial charge in [-0.25, -0.2) is 4.39 Å². The molecule has 1 saturated heterocycles. The fourth-order valence-corrected chi connectivity index (χ4v) is 2.16. The van der Waals surface area contributed by atoms with E-state index in [9.17, 15) is 4.39 Å². The summed E-state index contributed by atoms with van der Waals surface area (Å²) in [5.41, 5.74) is 0.498. The summed E-state index contributed by atoms with van der Waals surface area (Å²) in [4.78, 5) is 0. The zero-order chi connectivity index (χ0) is 11.4. The van der Waals surface area contributed by atoms with Gasteiger partial charge in [-0.15, -0.1) is 0 Å². The van der Waals surface area contributed by atoms with E-state index in [0.717, 1.165) is 19.6 Å². The number of benzene rings is 1. The van der Waals surface area contributed by atoms with Gasteiger partial charge in [-0.3, -0.25) is 0 Å². The van der Waals surface area contributed by atoms with Crippen molar-refractivity contribution >= 4 is 17.3 Å². The number of nitrogens with one attached hydrogen (secondary N) is 2. The van der Waals surface area contributed by atoms with Crippen molar-refractivity contribution in [2.75, 3.05) is 25.0 Å². The van der Waals surface area contributed by atoms with Crippen LogP contribution in [0.1, 0.15) is 12.8 Å². The van der Waals surface area contributed by atoms with Crippen molar-refractivity contribution in [3.63, 3.8) is 0 Å². The predicted molar refractivity (Wildman–Crippen MR) is 65.5 cm³/mol. The van der Waals surface area contributed by atoms with Crippen LogP contribution in [0.25, 0.3) is 0 Å². The third kappa shape index (κ3) is 3.09. The predicted octanol–water partition coefficient (Wildman–Crippen LogP) is 2.89. The molecule has 1 aromatic carbocycles. The molecule has 2 N–H and O–H groups in total. The van der Waals surface area contributed by atoms with Gasteiger partial charge in [0.2, 0.25) is 0 Å². The highest BCUT2D eigenvalue weighted by Crippen LogP contribution is 2.20. The van der Waals surface area contributed by atoms with Crippen LogP contribution in [-0.4, -0.2) is 19.6 Å². The summed E-state index contributed by atoms with van der Waals surface area (Å²) in [5.74, 6) is 0.334. The molecule has 0 spiro atoms. The largest absolute Gasteiger partial charge is 0.382 e. The smallest absolute Gasteiger partial charge is 0.146 e. The van der Waals surface area contributed by atoms with Crippen molar-refractivity contribution in [3.05, 3.63) is 29.0 Å². The lowest BCUT2D eigenvalue weighted by atomic mass is 10.00. The number of hydrogen-bond donors (Lipinski definition) is 2. The molecule has 1 aromatic rings. The summed E-state index contributed by atoms with van der Waals surface area (Å²) in [6, 6.07) is 4.58. The maximum absolute atomic E-state index is 13.4. The molecule has 0 bridgehead atoms. The van der Waals surface area contributed by atoms with Gasteiger partial charge in [0.05, 0.1) is 5.69 Å². The highest BCUT2D eigenvalue weighted by atomic mass is 35.5. The third-order valence-electron chi connectivity index (χ3n) is 2.91. The Balaban J connectivity index is 1.90. The first-order valence-corrected chi connectivity index (χ1v) is 6.03. The minimum atomic E-state index is -0.242. The van der Waals surface area contributed by atoms with Gasteiger partial charge in [0.1, 0.15) is 5.82 Å². The van der Waals surface area contributed by atoms with E-state index in [0.29, 0.717) is 16.6 Å². The third-order valence-corrected chi connectivity index (χ3v) is 3.14. The van der Waals surface area contributed by atoms with Gasteiger partial charge in [-0.05, 0) is 50.0 Å². The highest BCUT2D eigenvalue weighted by molar-refractivity contribution is 6.30. The number of hydrogen-bond acceptors (Lipinski definition) is 2. The Kier molecular flexibility index (Phi) is 4.02. The number of anilines is 1. The van der Waals surface area contributed by atoms with Crippen LogP contribution in [0.2, 0.25) is 5.02 Å².